The fourth-order valence-electron chi connectivity index (χ4n) is 1.67. The van der Waals surface area contributed by atoms with Gasteiger partial charge in [0.15, 0.2) is 0 Å². The number of amides is 1. The van der Waals surface area contributed by atoms with E-state index in [1.807, 2.05) is 36.4 Å². The molecule has 102 valence electrons. The van der Waals surface area contributed by atoms with E-state index in [1.54, 1.807) is 18.2 Å². The Morgan fingerprint density at radius 2 is 1.90 bits per heavy atom. The molecule has 0 bridgehead atoms. The maximum atomic E-state index is 11.7. The molecule has 0 atom stereocenters. The second-order valence-corrected chi connectivity index (χ2v) is 5.05. The summed E-state index contributed by atoms with van der Waals surface area (Å²) >= 11 is 11.9. The van der Waals surface area contributed by atoms with Gasteiger partial charge in [-0.3, -0.25) is 4.79 Å². The summed E-state index contributed by atoms with van der Waals surface area (Å²) in [5, 5.41) is 4.06. The second kappa shape index (κ2) is 7.13. The van der Waals surface area contributed by atoms with Crippen LogP contribution in [0.5, 0.6) is 0 Å². The van der Waals surface area contributed by atoms with Crippen molar-refractivity contribution in [2.75, 3.05) is 0 Å². The summed E-state index contributed by atoms with van der Waals surface area (Å²) in [5.41, 5.74) is 1.77. The molecule has 2 aromatic carbocycles. The summed E-state index contributed by atoms with van der Waals surface area (Å²) in [6.45, 7) is 0.437. The molecule has 1 amide bonds. The SMILES string of the molecule is O=C(/C=C/c1ccccc1Cl)NCc1cccc(Cl)c1. The van der Waals surface area contributed by atoms with Crippen LogP contribution in [0.15, 0.2) is 54.6 Å². The first kappa shape index (κ1) is 14.6. The Labute approximate surface area is 128 Å². The Morgan fingerprint density at radius 1 is 1.10 bits per heavy atom. The van der Waals surface area contributed by atoms with Crippen LogP contribution in [-0.2, 0) is 11.3 Å². The van der Waals surface area contributed by atoms with Gasteiger partial charge in [-0.2, -0.15) is 0 Å². The highest BCUT2D eigenvalue weighted by atomic mass is 35.5. The van der Waals surface area contributed by atoms with Gasteiger partial charge in [0.2, 0.25) is 5.91 Å². The van der Waals surface area contributed by atoms with Gasteiger partial charge in [0, 0.05) is 22.7 Å². The van der Waals surface area contributed by atoms with Crippen molar-refractivity contribution < 1.29 is 4.79 Å². The number of halogens is 2. The van der Waals surface area contributed by atoms with Crippen LogP contribution in [0.3, 0.4) is 0 Å². The van der Waals surface area contributed by atoms with Crippen molar-refractivity contribution in [2.45, 2.75) is 6.54 Å². The number of hydrogen-bond donors (Lipinski definition) is 1. The van der Waals surface area contributed by atoms with Gasteiger partial charge in [0.25, 0.3) is 0 Å². The molecule has 0 aliphatic heterocycles. The standard InChI is InChI=1S/C16H13Cl2NO/c17-14-6-3-4-12(10-14)11-19-16(20)9-8-13-5-1-2-7-15(13)18/h1-10H,11H2,(H,19,20)/b9-8+. The molecule has 4 heteroatoms. The average Bonchev–Trinajstić information content (AvgIpc) is 2.44. The zero-order valence-electron chi connectivity index (χ0n) is 10.6. The molecule has 0 fully saturated rings. The molecule has 0 unspecified atom stereocenters. The van der Waals surface area contributed by atoms with E-state index in [2.05, 4.69) is 5.32 Å². The minimum absolute atomic E-state index is 0.176. The van der Waals surface area contributed by atoms with Crippen LogP contribution in [0.1, 0.15) is 11.1 Å². The molecule has 2 aromatic rings. The van der Waals surface area contributed by atoms with Gasteiger partial charge in [-0.15, -0.1) is 0 Å². The van der Waals surface area contributed by atoms with Crippen molar-refractivity contribution in [1.29, 1.82) is 0 Å². The Bertz CT molecular complexity index is 638. The molecule has 0 aromatic heterocycles. The quantitative estimate of drug-likeness (QED) is 0.837. The minimum atomic E-state index is -0.176. The molecule has 20 heavy (non-hydrogen) atoms. The van der Waals surface area contributed by atoms with E-state index >= 15 is 0 Å². The summed E-state index contributed by atoms with van der Waals surface area (Å²) < 4.78 is 0. The summed E-state index contributed by atoms with van der Waals surface area (Å²) in [4.78, 5) is 11.7. The lowest BCUT2D eigenvalue weighted by molar-refractivity contribution is -0.116. The van der Waals surface area contributed by atoms with E-state index in [1.165, 1.54) is 6.08 Å². The van der Waals surface area contributed by atoms with Crippen LogP contribution in [0.2, 0.25) is 10.0 Å². The Kier molecular flexibility index (Phi) is 5.22. The van der Waals surface area contributed by atoms with Gasteiger partial charge in [-0.1, -0.05) is 53.5 Å². The Hall–Kier alpha value is -1.77. The average molecular weight is 306 g/mol. The van der Waals surface area contributed by atoms with Crippen molar-refractivity contribution in [1.82, 2.24) is 5.32 Å². The maximum absolute atomic E-state index is 11.7. The summed E-state index contributed by atoms with van der Waals surface area (Å²) in [6, 6.07) is 14.7. The van der Waals surface area contributed by atoms with E-state index in [4.69, 9.17) is 23.2 Å². The lowest BCUT2D eigenvalue weighted by Gasteiger charge is -2.03. The van der Waals surface area contributed by atoms with Crippen molar-refractivity contribution in [3.63, 3.8) is 0 Å². The molecule has 2 rings (SSSR count). The highest BCUT2D eigenvalue weighted by Crippen LogP contribution is 2.16. The smallest absolute Gasteiger partial charge is 0.244 e. The monoisotopic (exact) mass is 305 g/mol. The molecule has 0 spiro atoms. The number of rotatable bonds is 4. The van der Waals surface area contributed by atoms with Crippen LogP contribution >= 0.6 is 23.2 Å². The predicted molar refractivity (Wildman–Crippen MR) is 83.8 cm³/mol. The number of nitrogens with one attached hydrogen (secondary N) is 1. The Balaban J connectivity index is 1.91. The van der Waals surface area contributed by atoms with Gasteiger partial charge in [-0.05, 0) is 35.4 Å². The highest BCUT2D eigenvalue weighted by molar-refractivity contribution is 6.32. The minimum Gasteiger partial charge on any atom is -0.348 e. The molecule has 0 radical (unpaired) electrons. The van der Waals surface area contributed by atoms with Gasteiger partial charge >= 0.3 is 0 Å². The maximum Gasteiger partial charge on any atom is 0.244 e. The largest absolute Gasteiger partial charge is 0.348 e. The van der Waals surface area contributed by atoms with Crippen molar-refractivity contribution in [3.05, 3.63) is 75.8 Å². The van der Waals surface area contributed by atoms with Crippen LogP contribution < -0.4 is 5.32 Å². The molecular formula is C16H13Cl2NO. The van der Waals surface area contributed by atoms with Crippen molar-refractivity contribution >= 4 is 35.2 Å². The molecular weight excluding hydrogens is 293 g/mol. The van der Waals surface area contributed by atoms with Crippen LogP contribution in [-0.4, -0.2) is 5.91 Å². The predicted octanol–water partition coefficient (Wildman–Crippen LogP) is 4.32. The third-order valence-corrected chi connectivity index (χ3v) is 3.25. The fourth-order valence-corrected chi connectivity index (χ4v) is 2.08. The first-order valence-corrected chi connectivity index (χ1v) is 6.85. The molecule has 0 aliphatic carbocycles. The number of hydrogen-bond acceptors (Lipinski definition) is 1. The van der Waals surface area contributed by atoms with Crippen molar-refractivity contribution in [3.8, 4) is 0 Å². The number of carbonyl (C=O) groups is 1. The van der Waals surface area contributed by atoms with Gasteiger partial charge in [0.05, 0.1) is 0 Å². The molecule has 1 N–H and O–H groups in total. The van der Waals surface area contributed by atoms with E-state index in [9.17, 15) is 4.79 Å². The topological polar surface area (TPSA) is 29.1 Å². The fraction of sp³-hybridized carbons (Fsp3) is 0.0625. The van der Waals surface area contributed by atoms with E-state index in [0.29, 0.717) is 16.6 Å². The Morgan fingerprint density at radius 3 is 2.65 bits per heavy atom. The molecule has 0 heterocycles. The lowest BCUT2D eigenvalue weighted by Crippen LogP contribution is -2.20. The summed E-state index contributed by atoms with van der Waals surface area (Å²) in [5.74, 6) is -0.176. The van der Waals surface area contributed by atoms with E-state index < -0.39 is 0 Å². The molecule has 0 saturated carbocycles. The van der Waals surface area contributed by atoms with Crippen molar-refractivity contribution in [2.24, 2.45) is 0 Å². The zero-order chi connectivity index (χ0) is 14.4. The molecule has 0 saturated heterocycles. The third-order valence-electron chi connectivity index (χ3n) is 2.68. The summed E-state index contributed by atoms with van der Waals surface area (Å²) in [6.07, 6.45) is 3.15. The summed E-state index contributed by atoms with van der Waals surface area (Å²) in [7, 11) is 0. The van der Waals surface area contributed by atoms with Gasteiger partial charge < -0.3 is 5.32 Å². The number of carbonyl (C=O) groups excluding carboxylic acids is 1. The van der Waals surface area contributed by atoms with E-state index in [-0.39, 0.29) is 5.91 Å². The first-order valence-electron chi connectivity index (χ1n) is 6.10. The molecule has 2 nitrogen and oxygen atoms in total. The normalized spacial score (nSPS) is 10.7. The van der Waals surface area contributed by atoms with Crippen LogP contribution in [0.25, 0.3) is 6.08 Å². The first-order chi connectivity index (χ1) is 9.65. The van der Waals surface area contributed by atoms with Gasteiger partial charge in [-0.25, -0.2) is 0 Å². The lowest BCUT2D eigenvalue weighted by atomic mass is 10.2. The number of benzene rings is 2. The highest BCUT2D eigenvalue weighted by Gasteiger charge is 1.99. The second-order valence-electron chi connectivity index (χ2n) is 4.20. The van der Waals surface area contributed by atoms with E-state index in [0.717, 1.165) is 11.1 Å². The van der Waals surface area contributed by atoms with Crippen LogP contribution in [0, 0.1) is 0 Å². The third kappa shape index (κ3) is 4.41. The van der Waals surface area contributed by atoms with Crippen LogP contribution in [0.4, 0.5) is 0 Å². The van der Waals surface area contributed by atoms with Gasteiger partial charge in [0.1, 0.15) is 0 Å². The zero-order valence-corrected chi connectivity index (χ0v) is 12.2. The molecule has 0 aliphatic rings.